The van der Waals surface area contributed by atoms with E-state index in [4.69, 9.17) is 9.47 Å². The maximum Gasteiger partial charge on any atom is 0.338 e. The number of hydrogen-bond acceptors (Lipinski definition) is 6. The molecule has 6 nitrogen and oxygen atoms in total. The first kappa shape index (κ1) is 27.3. The first-order chi connectivity index (χ1) is 18.4. The number of carbonyl (C=O) groups excluding carboxylic acids is 1. The van der Waals surface area contributed by atoms with Crippen LogP contribution in [0.15, 0.2) is 81.7 Å². The van der Waals surface area contributed by atoms with Crippen LogP contribution in [0.5, 0.6) is 5.75 Å². The van der Waals surface area contributed by atoms with Gasteiger partial charge in [-0.15, -0.1) is 0 Å². The van der Waals surface area contributed by atoms with Crippen LogP contribution >= 0.6 is 11.3 Å². The molecule has 4 rings (SSSR count). The zero-order valence-electron chi connectivity index (χ0n) is 22.3. The van der Waals surface area contributed by atoms with Gasteiger partial charge in [-0.25, -0.2) is 9.79 Å². The summed E-state index contributed by atoms with van der Waals surface area (Å²) in [5, 5.41) is 0. The van der Waals surface area contributed by atoms with Gasteiger partial charge in [0.2, 0.25) is 0 Å². The number of esters is 1. The average molecular weight is 531 g/mol. The van der Waals surface area contributed by atoms with Crippen molar-refractivity contribution in [1.82, 2.24) is 4.57 Å². The van der Waals surface area contributed by atoms with Crippen molar-refractivity contribution in [2.75, 3.05) is 13.2 Å². The third-order valence-corrected chi connectivity index (χ3v) is 7.09. The number of hydrogen-bond donors (Lipinski definition) is 0. The van der Waals surface area contributed by atoms with Gasteiger partial charge in [0, 0.05) is 0 Å². The van der Waals surface area contributed by atoms with Crippen LogP contribution in [0.25, 0.3) is 12.2 Å². The Labute approximate surface area is 227 Å². The number of unbranched alkanes of at least 4 members (excludes halogenated alkanes) is 1. The SMILES string of the molecule is CCCCOc1ccc(C2C(C(=O)OCC(C)C)=C(C)N=c3sc(=CC=Cc4ccccc4)c(=O)n32)cc1. The number of benzene rings is 2. The standard InChI is InChI=1S/C31H34N2O4S/c1-5-6-19-36-25-17-15-24(16-18-25)28-27(30(35)37-20-21(2)3)22(4)32-31-33(28)29(34)26(38-31)14-10-13-23-11-8-7-9-12-23/h7-18,21,28H,5-6,19-20H2,1-4H3. The van der Waals surface area contributed by atoms with Crippen molar-refractivity contribution in [3.8, 4) is 5.75 Å². The van der Waals surface area contributed by atoms with E-state index in [1.54, 1.807) is 17.6 Å². The minimum Gasteiger partial charge on any atom is -0.494 e. The smallest absolute Gasteiger partial charge is 0.338 e. The summed E-state index contributed by atoms with van der Waals surface area (Å²) in [4.78, 5) is 32.2. The van der Waals surface area contributed by atoms with E-state index in [2.05, 4.69) is 11.9 Å². The lowest BCUT2D eigenvalue weighted by molar-refractivity contribution is -0.140. The highest BCUT2D eigenvalue weighted by molar-refractivity contribution is 7.07. The highest BCUT2D eigenvalue weighted by atomic mass is 32.1. The molecule has 1 aliphatic heterocycles. The first-order valence-corrected chi connectivity index (χ1v) is 13.8. The summed E-state index contributed by atoms with van der Waals surface area (Å²) in [6, 6.07) is 16.8. The number of thiazole rings is 1. The fraction of sp³-hybridized carbons (Fsp3) is 0.323. The second-order valence-corrected chi connectivity index (χ2v) is 10.6. The van der Waals surface area contributed by atoms with Gasteiger partial charge < -0.3 is 9.47 Å². The summed E-state index contributed by atoms with van der Waals surface area (Å²) >= 11 is 1.31. The van der Waals surface area contributed by atoms with Crippen molar-refractivity contribution >= 4 is 29.5 Å². The number of allylic oxidation sites excluding steroid dienone is 2. The molecule has 1 unspecified atom stereocenters. The van der Waals surface area contributed by atoms with Gasteiger partial charge in [-0.1, -0.05) is 93.1 Å². The Morgan fingerprint density at radius 1 is 1.13 bits per heavy atom. The van der Waals surface area contributed by atoms with Crippen molar-refractivity contribution in [2.24, 2.45) is 10.9 Å². The van der Waals surface area contributed by atoms with E-state index in [0.29, 0.717) is 33.8 Å². The predicted octanol–water partition coefficient (Wildman–Crippen LogP) is 5.28. The van der Waals surface area contributed by atoms with E-state index in [0.717, 1.165) is 29.7 Å². The van der Waals surface area contributed by atoms with Crippen LogP contribution in [0, 0.1) is 5.92 Å². The Bertz CT molecular complexity index is 1500. The Hall–Kier alpha value is -3.71. The van der Waals surface area contributed by atoms with Crippen LogP contribution in [0.4, 0.5) is 0 Å². The number of carbonyl (C=O) groups is 1. The molecule has 0 radical (unpaired) electrons. The van der Waals surface area contributed by atoms with Gasteiger partial charge in [-0.3, -0.25) is 9.36 Å². The van der Waals surface area contributed by atoms with Crippen molar-refractivity contribution in [1.29, 1.82) is 0 Å². The topological polar surface area (TPSA) is 69.9 Å². The molecule has 0 saturated heterocycles. The third-order valence-electron chi connectivity index (χ3n) is 6.09. The highest BCUT2D eigenvalue weighted by Gasteiger charge is 2.33. The molecule has 3 aromatic rings. The van der Waals surface area contributed by atoms with Crippen LogP contribution in [0.1, 0.15) is 57.7 Å². The molecular weight excluding hydrogens is 496 g/mol. The van der Waals surface area contributed by atoms with E-state index in [-0.39, 0.29) is 11.5 Å². The number of rotatable bonds is 10. The lowest BCUT2D eigenvalue weighted by Gasteiger charge is -2.25. The normalized spacial score (nSPS) is 15.6. The van der Waals surface area contributed by atoms with Gasteiger partial charge in [0.25, 0.3) is 5.56 Å². The summed E-state index contributed by atoms with van der Waals surface area (Å²) < 4.78 is 13.6. The molecule has 38 heavy (non-hydrogen) atoms. The van der Waals surface area contributed by atoms with Gasteiger partial charge in [-0.05, 0) is 48.6 Å². The molecule has 1 aliphatic rings. The number of fused-ring (bicyclic) bond motifs is 1. The highest BCUT2D eigenvalue weighted by Crippen LogP contribution is 2.31. The van der Waals surface area contributed by atoms with Gasteiger partial charge >= 0.3 is 5.97 Å². The van der Waals surface area contributed by atoms with E-state index in [9.17, 15) is 9.59 Å². The Morgan fingerprint density at radius 2 is 1.87 bits per heavy atom. The zero-order valence-corrected chi connectivity index (χ0v) is 23.2. The van der Waals surface area contributed by atoms with Gasteiger partial charge in [-0.2, -0.15) is 0 Å². The molecule has 0 fully saturated rings. The molecule has 2 aromatic carbocycles. The van der Waals surface area contributed by atoms with Crippen LogP contribution in [0.2, 0.25) is 0 Å². The van der Waals surface area contributed by atoms with Crippen LogP contribution < -0.4 is 19.6 Å². The van der Waals surface area contributed by atoms with E-state index in [1.165, 1.54) is 11.3 Å². The minimum absolute atomic E-state index is 0.190. The summed E-state index contributed by atoms with van der Waals surface area (Å²) in [7, 11) is 0. The lowest BCUT2D eigenvalue weighted by Crippen LogP contribution is -2.40. The fourth-order valence-corrected chi connectivity index (χ4v) is 5.12. The molecule has 0 amide bonds. The monoisotopic (exact) mass is 530 g/mol. The quantitative estimate of drug-likeness (QED) is 0.264. The van der Waals surface area contributed by atoms with E-state index in [1.807, 2.05) is 80.6 Å². The minimum atomic E-state index is -0.643. The molecule has 0 spiro atoms. The summed E-state index contributed by atoms with van der Waals surface area (Å²) in [6.45, 7) is 8.83. The fourth-order valence-electron chi connectivity index (χ4n) is 4.12. The van der Waals surface area contributed by atoms with Gasteiger partial charge in [0.05, 0.1) is 35.1 Å². The number of nitrogens with zero attached hydrogens (tertiary/aromatic N) is 2. The number of aromatic nitrogens is 1. The molecule has 0 N–H and O–H groups in total. The molecule has 0 aliphatic carbocycles. The van der Waals surface area contributed by atoms with Crippen molar-refractivity contribution in [3.63, 3.8) is 0 Å². The molecule has 1 atom stereocenters. The van der Waals surface area contributed by atoms with Crippen LogP contribution in [-0.4, -0.2) is 23.8 Å². The second-order valence-electron chi connectivity index (χ2n) is 9.64. The zero-order chi connectivity index (χ0) is 27.1. The summed E-state index contributed by atoms with van der Waals surface area (Å²) in [5.74, 6) is 0.493. The largest absolute Gasteiger partial charge is 0.494 e. The maximum absolute atomic E-state index is 13.7. The van der Waals surface area contributed by atoms with Crippen molar-refractivity contribution in [2.45, 2.75) is 46.6 Å². The molecule has 0 saturated carbocycles. The first-order valence-electron chi connectivity index (χ1n) is 13.0. The molecule has 7 heteroatoms. The van der Waals surface area contributed by atoms with Crippen LogP contribution in [0.3, 0.4) is 0 Å². The Kier molecular flexibility index (Phi) is 9.13. The van der Waals surface area contributed by atoms with Crippen LogP contribution in [-0.2, 0) is 9.53 Å². The molecule has 0 bridgehead atoms. The Morgan fingerprint density at radius 3 is 2.55 bits per heavy atom. The van der Waals surface area contributed by atoms with E-state index < -0.39 is 12.0 Å². The maximum atomic E-state index is 13.7. The van der Waals surface area contributed by atoms with E-state index >= 15 is 0 Å². The van der Waals surface area contributed by atoms with Gasteiger partial charge in [0.1, 0.15) is 5.75 Å². The average Bonchev–Trinajstić information content (AvgIpc) is 3.22. The third kappa shape index (κ3) is 6.40. The van der Waals surface area contributed by atoms with Crippen molar-refractivity contribution < 1.29 is 14.3 Å². The molecular formula is C31H34N2O4S. The predicted molar refractivity (Wildman–Crippen MR) is 153 cm³/mol. The number of ether oxygens (including phenoxy) is 2. The summed E-state index contributed by atoms with van der Waals surface area (Å²) in [5.41, 5.74) is 2.58. The molecule has 198 valence electrons. The lowest BCUT2D eigenvalue weighted by atomic mass is 9.96. The summed E-state index contributed by atoms with van der Waals surface area (Å²) in [6.07, 6.45) is 7.65. The molecule has 1 aromatic heterocycles. The molecule has 2 heterocycles. The second kappa shape index (κ2) is 12.7. The Balaban J connectivity index is 1.76. The van der Waals surface area contributed by atoms with Gasteiger partial charge in [0.15, 0.2) is 4.80 Å². The van der Waals surface area contributed by atoms with Crippen molar-refractivity contribution in [3.05, 3.63) is 103 Å².